The number of fused-ring (bicyclic) bond motifs is 1. The van der Waals surface area contributed by atoms with Crippen LogP contribution in [0.25, 0.3) is 0 Å². The van der Waals surface area contributed by atoms with E-state index in [0.29, 0.717) is 31.1 Å². The molecule has 2 aromatic rings. The van der Waals surface area contributed by atoms with E-state index in [1.807, 2.05) is 34.4 Å². The zero-order chi connectivity index (χ0) is 21.5. The maximum Gasteiger partial charge on any atom is 0.232 e. The van der Waals surface area contributed by atoms with E-state index in [0.717, 1.165) is 55.1 Å². The van der Waals surface area contributed by atoms with E-state index < -0.39 is 0 Å². The van der Waals surface area contributed by atoms with Gasteiger partial charge < -0.3 is 4.90 Å². The average molecular weight is 423 g/mol. The van der Waals surface area contributed by atoms with E-state index in [2.05, 4.69) is 5.10 Å². The van der Waals surface area contributed by atoms with Gasteiger partial charge in [0.05, 0.1) is 12.5 Å². The van der Waals surface area contributed by atoms with Crippen molar-refractivity contribution < 1.29 is 9.59 Å². The summed E-state index contributed by atoms with van der Waals surface area (Å²) >= 11 is 0. The van der Waals surface area contributed by atoms with E-state index in [-0.39, 0.29) is 17.9 Å². The highest BCUT2D eigenvalue weighted by Crippen LogP contribution is 2.37. The standard InChI is InChI=1S/C23H30N6O2/c1-15-8-10-24-29(15)12-9-20(30)27-11-4-3-5-19(27)22-25-16(2)18-13-21(31)28(23(18)26-22)14-17-6-7-17/h8,10,17,19H,3-7,9,11-14H2,1-2H3. The Bertz CT molecular complexity index is 1010. The number of likely N-dealkylation sites (tertiary alicyclic amines) is 1. The van der Waals surface area contributed by atoms with Crippen molar-refractivity contribution in [2.45, 2.75) is 71.4 Å². The van der Waals surface area contributed by atoms with Gasteiger partial charge in [0.15, 0.2) is 5.82 Å². The first-order valence-electron chi connectivity index (χ1n) is 11.5. The minimum atomic E-state index is -0.123. The summed E-state index contributed by atoms with van der Waals surface area (Å²) in [7, 11) is 0. The Hall–Kier alpha value is -2.77. The highest BCUT2D eigenvalue weighted by atomic mass is 16.2. The molecule has 8 nitrogen and oxygen atoms in total. The summed E-state index contributed by atoms with van der Waals surface area (Å²) in [6.07, 6.45) is 7.87. The van der Waals surface area contributed by atoms with Crippen molar-refractivity contribution in [2.24, 2.45) is 5.92 Å². The highest BCUT2D eigenvalue weighted by Gasteiger charge is 2.37. The van der Waals surface area contributed by atoms with Gasteiger partial charge in [0.1, 0.15) is 5.82 Å². The van der Waals surface area contributed by atoms with Crippen LogP contribution in [0.3, 0.4) is 0 Å². The molecule has 4 heterocycles. The molecule has 1 unspecified atom stereocenters. The van der Waals surface area contributed by atoms with Crippen molar-refractivity contribution >= 4 is 17.6 Å². The SMILES string of the molecule is Cc1nc(C2CCCCN2C(=O)CCn2nccc2C)nc2c1CC(=O)N2CC1CC1. The lowest BCUT2D eigenvalue weighted by molar-refractivity contribution is -0.135. The summed E-state index contributed by atoms with van der Waals surface area (Å²) in [4.78, 5) is 39.2. The quantitative estimate of drug-likeness (QED) is 0.715. The van der Waals surface area contributed by atoms with Crippen molar-refractivity contribution in [3.05, 3.63) is 35.0 Å². The van der Waals surface area contributed by atoms with Crippen molar-refractivity contribution in [3.8, 4) is 0 Å². The lowest BCUT2D eigenvalue weighted by Crippen LogP contribution is -2.40. The zero-order valence-electron chi connectivity index (χ0n) is 18.4. The number of aryl methyl sites for hydroxylation is 3. The Kier molecular flexibility index (Phi) is 5.24. The van der Waals surface area contributed by atoms with Crippen LogP contribution in [0.1, 0.15) is 67.3 Å². The maximum absolute atomic E-state index is 13.1. The third-order valence-electron chi connectivity index (χ3n) is 6.82. The monoisotopic (exact) mass is 422 g/mol. The van der Waals surface area contributed by atoms with Gasteiger partial charge in [-0.25, -0.2) is 9.97 Å². The Balaban J connectivity index is 1.38. The Morgan fingerprint density at radius 2 is 2.00 bits per heavy atom. The lowest BCUT2D eigenvalue weighted by Gasteiger charge is -2.35. The Labute approximate surface area is 182 Å². The molecule has 0 radical (unpaired) electrons. The molecule has 0 spiro atoms. The van der Waals surface area contributed by atoms with Crippen LogP contribution in [0, 0.1) is 19.8 Å². The molecule has 1 aliphatic carbocycles. The number of rotatable bonds is 6. The van der Waals surface area contributed by atoms with Gasteiger partial charge in [0.2, 0.25) is 11.8 Å². The van der Waals surface area contributed by atoms with Gasteiger partial charge in [-0.2, -0.15) is 5.10 Å². The molecular formula is C23H30N6O2. The minimum absolute atomic E-state index is 0.118. The van der Waals surface area contributed by atoms with E-state index in [9.17, 15) is 9.59 Å². The van der Waals surface area contributed by atoms with E-state index in [1.54, 1.807) is 6.20 Å². The average Bonchev–Trinajstić information content (AvgIpc) is 3.41. The molecule has 8 heteroatoms. The second-order valence-electron chi connectivity index (χ2n) is 9.14. The van der Waals surface area contributed by atoms with Crippen LogP contribution < -0.4 is 4.90 Å². The van der Waals surface area contributed by atoms with Crippen LogP contribution in [-0.2, 0) is 22.6 Å². The topological polar surface area (TPSA) is 84.2 Å². The second-order valence-corrected chi connectivity index (χ2v) is 9.14. The largest absolute Gasteiger partial charge is 0.332 e. The Morgan fingerprint density at radius 1 is 1.16 bits per heavy atom. The van der Waals surface area contributed by atoms with Gasteiger partial charge >= 0.3 is 0 Å². The van der Waals surface area contributed by atoms with E-state index >= 15 is 0 Å². The number of carbonyl (C=O) groups excluding carboxylic acids is 2. The van der Waals surface area contributed by atoms with Crippen LogP contribution in [0.2, 0.25) is 0 Å². The number of piperidine rings is 1. The molecule has 1 saturated carbocycles. The molecule has 2 fully saturated rings. The summed E-state index contributed by atoms with van der Waals surface area (Å²) in [5.41, 5.74) is 2.88. The lowest BCUT2D eigenvalue weighted by atomic mass is 10.0. The number of carbonyl (C=O) groups is 2. The molecule has 0 bridgehead atoms. The van der Waals surface area contributed by atoms with Crippen LogP contribution in [0.5, 0.6) is 0 Å². The summed E-state index contributed by atoms with van der Waals surface area (Å²) < 4.78 is 1.87. The molecule has 5 rings (SSSR count). The smallest absolute Gasteiger partial charge is 0.232 e. The summed E-state index contributed by atoms with van der Waals surface area (Å²) in [5, 5.41) is 4.29. The van der Waals surface area contributed by atoms with Gasteiger partial charge in [-0.15, -0.1) is 0 Å². The third-order valence-corrected chi connectivity index (χ3v) is 6.82. The summed E-state index contributed by atoms with van der Waals surface area (Å²) in [6, 6.07) is 1.83. The van der Waals surface area contributed by atoms with Crippen LogP contribution in [-0.4, -0.2) is 49.6 Å². The molecule has 3 aliphatic rings. The molecule has 0 N–H and O–H groups in total. The number of nitrogens with zero attached hydrogens (tertiary/aromatic N) is 6. The molecule has 164 valence electrons. The number of anilines is 1. The van der Waals surface area contributed by atoms with Crippen LogP contribution >= 0.6 is 0 Å². The first-order chi connectivity index (χ1) is 15.0. The molecule has 0 aromatic carbocycles. The first-order valence-corrected chi connectivity index (χ1v) is 11.5. The van der Waals surface area contributed by atoms with Gasteiger partial charge in [-0.3, -0.25) is 19.2 Å². The number of amides is 2. The molecule has 1 atom stereocenters. The van der Waals surface area contributed by atoms with Crippen molar-refractivity contribution in [1.82, 2.24) is 24.6 Å². The first kappa shape index (κ1) is 20.2. The van der Waals surface area contributed by atoms with Gasteiger partial charge in [-0.05, 0) is 57.9 Å². The molecule has 31 heavy (non-hydrogen) atoms. The summed E-state index contributed by atoms with van der Waals surface area (Å²) in [5.74, 6) is 2.32. The molecule has 1 saturated heterocycles. The van der Waals surface area contributed by atoms with Crippen molar-refractivity contribution in [2.75, 3.05) is 18.0 Å². The maximum atomic E-state index is 13.1. The van der Waals surface area contributed by atoms with Gasteiger partial charge in [-0.1, -0.05) is 0 Å². The minimum Gasteiger partial charge on any atom is -0.332 e. The molecule has 2 amide bonds. The fourth-order valence-electron chi connectivity index (χ4n) is 4.77. The van der Waals surface area contributed by atoms with Crippen molar-refractivity contribution in [3.63, 3.8) is 0 Å². The predicted octanol–water partition coefficient (Wildman–Crippen LogP) is 2.73. The highest BCUT2D eigenvalue weighted by molar-refractivity contribution is 6.00. The number of aromatic nitrogens is 4. The third kappa shape index (κ3) is 3.95. The van der Waals surface area contributed by atoms with E-state index in [4.69, 9.17) is 9.97 Å². The number of hydrogen-bond donors (Lipinski definition) is 0. The van der Waals surface area contributed by atoms with Crippen molar-refractivity contribution in [1.29, 1.82) is 0 Å². The molecule has 2 aliphatic heterocycles. The Morgan fingerprint density at radius 3 is 2.74 bits per heavy atom. The van der Waals surface area contributed by atoms with Gasteiger partial charge in [0, 0.05) is 49.2 Å². The van der Waals surface area contributed by atoms with Crippen LogP contribution in [0.4, 0.5) is 5.82 Å². The number of hydrogen-bond acceptors (Lipinski definition) is 5. The summed E-state index contributed by atoms with van der Waals surface area (Å²) in [6.45, 7) is 6.03. The fraction of sp³-hybridized carbons (Fsp3) is 0.609. The molecule has 2 aromatic heterocycles. The fourth-order valence-corrected chi connectivity index (χ4v) is 4.77. The van der Waals surface area contributed by atoms with E-state index in [1.165, 1.54) is 12.8 Å². The van der Waals surface area contributed by atoms with Gasteiger partial charge in [0.25, 0.3) is 0 Å². The zero-order valence-corrected chi connectivity index (χ0v) is 18.4. The van der Waals surface area contributed by atoms with Crippen LogP contribution in [0.15, 0.2) is 12.3 Å². The molecular weight excluding hydrogens is 392 g/mol. The normalized spacial score (nSPS) is 21.0. The predicted molar refractivity (Wildman–Crippen MR) is 115 cm³/mol. The second kappa shape index (κ2) is 8.05.